The minimum Gasteiger partial charge on any atom is -0.299 e. The Balaban J connectivity index is 1.73. The SMILES string of the molecule is C[C@]12CC=CC[C@@H]1C(=O)C[C@@H]1[C@@H]2CC[C@]2(C)C(=O)CC[C@@H]12. The maximum Gasteiger partial charge on any atom is 0.139 e. The zero-order chi connectivity index (χ0) is 14.8. The van der Waals surface area contributed by atoms with Gasteiger partial charge in [0, 0.05) is 24.2 Å². The van der Waals surface area contributed by atoms with E-state index >= 15 is 0 Å². The van der Waals surface area contributed by atoms with E-state index in [1.165, 1.54) is 0 Å². The van der Waals surface area contributed by atoms with Gasteiger partial charge in [-0.05, 0) is 55.3 Å². The Hall–Kier alpha value is -0.920. The van der Waals surface area contributed by atoms with Crippen LogP contribution in [-0.4, -0.2) is 11.6 Å². The predicted molar refractivity (Wildman–Crippen MR) is 81.6 cm³/mol. The largest absolute Gasteiger partial charge is 0.299 e. The zero-order valence-electron chi connectivity index (χ0n) is 13.2. The highest BCUT2D eigenvalue weighted by molar-refractivity contribution is 5.88. The van der Waals surface area contributed by atoms with Gasteiger partial charge in [-0.25, -0.2) is 0 Å². The number of rotatable bonds is 0. The molecule has 0 spiro atoms. The summed E-state index contributed by atoms with van der Waals surface area (Å²) >= 11 is 0. The molecule has 0 saturated heterocycles. The third-order valence-corrected chi connectivity index (χ3v) is 7.71. The van der Waals surface area contributed by atoms with Gasteiger partial charge in [0.1, 0.15) is 11.6 Å². The normalized spacial score (nSPS) is 52.3. The van der Waals surface area contributed by atoms with Crippen LogP contribution in [0.5, 0.6) is 0 Å². The first kappa shape index (κ1) is 13.7. The highest BCUT2D eigenvalue weighted by Crippen LogP contribution is 2.64. The first-order valence-electron chi connectivity index (χ1n) is 8.68. The molecular weight excluding hydrogens is 260 g/mol. The van der Waals surface area contributed by atoms with Crippen LogP contribution in [0.2, 0.25) is 0 Å². The molecule has 6 atom stereocenters. The lowest BCUT2D eigenvalue weighted by molar-refractivity contribution is -0.151. The number of Topliss-reactive ketones (excluding diaryl/α,β-unsaturated/α-hetero) is 2. The quantitative estimate of drug-likeness (QED) is 0.632. The average Bonchev–Trinajstić information content (AvgIpc) is 2.75. The number of hydrogen-bond acceptors (Lipinski definition) is 2. The van der Waals surface area contributed by atoms with Crippen LogP contribution in [0.3, 0.4) is 0 Å². The van der Waals surface area contributed by atoms with Gasteiger partial charge < -0.3 is 0 Å². The molecule has 114 valence electrons. The molecule has 0 aliphatic heterocycles. The van der Waals surface area contributed by atoms with E-state index in [-0.39, 0.29) is 16.7 Å². The molecule has 0 bridgehead atoms. The predicted octanol–water partition coefficient (Wildman–Crippen LogP) is 3.94. The van der Waals surface area contributed by atoms with E-state index in [9.17, 15) is 9.59 Å². The van der Waals surface area contributed by atoms with Gasteiger partial charge in [-0.3, -0.25) is 9.59 Å². The van der Waals surface area contributed by atoms with Crippen LogP contribution in [0.15, 0.2) is 12.2 Å². The molecule has 2 nitrogen and oxygen atoms in total. The molecule has 0 N–H and O–H groups in total. The summed E-state index contributed by atoms with van der Waals surface area (Å²) in [6, 6.07) is 0. The van der Waals surface area contributed by atoms with Gasteiger partial charge in [-0.2, -0.15) is 0 Å². The molecule has 4 rings (SSSR count). The van der Waals surface area contributed by atoms with Crippen LogP contribution >= 0.6 is 0 Å². The van der Waals surface area contributed by atoms with E-state index < -0.39 is 0 Å². The molecule has 0 aromatic rings. The van der Waals surface area contributed by atoms with Gasteiger partial charge in [0.05, 0.1) is 0 Å². The number of carbonyl (C=O) groups excluding carboxylic acids is 2. The number of fused-ring (bicyclic) bond motifs is 5. The molecule has 0 unspecified atom stereocenters. The highest BCUT2D eigenvalue weighted by atomic mass is 16.1. The fourth-order valence-electron chi connectivity index (χ4n) is 6.43. The smallest absolute Gasteiger partial charge is 0.139 e. The van der Waals surface area contributed by atoms with Crippen LogP contribution in [0, 0.1) is 34.5 Å². The first-order valence-corrected chi connectivity index (χ1v) is 8.68. The van der Waals surface area contributed by atoms with Crippen molar-refractivity contribution in [3.63, 3.8) is 0 Å². The summed E-state index contributed by atoms with van der Waals surface area (Å²) in [6.07, 6.45) is 11.2. The summed E-state index contributed by atoms with van der Waals surface area (Å²) in [5, 5.41) is 0. The fraction of sp³-hybridized carbons (Fsp3) is 0.789. The molecule has 0 amide bonds. The Morgan fingerprint density at radius 3 is 2.71 bits per heavy atom. The van der Waals surface area contributed by atoms with Gasteiger partial charge in [-0.15, -0.1) is 0 Å². The zero-order valence-corrected chi connectivity index (χ0v) is 13.2. The van der Waals surface area contributed by atoms with Crippen LogP contribution < -0.4 is 0 Å². The van der Waals surface area contributed by atoms with Crippen molar-refractivity contribution >= 4 is 11.6 Å². The first-order chi connectivity index (χ1) is 9.97. The van der Waals surface area contributed by atoms with E-state index in [1.807, 2.05) is 0 Å². The van der Waals surface area contributed by atoms with Gasteiger partial charge in [0.25, 0.3) is 0 Å². The van der Waals surface area contributed by atoms with Crippen molar-refractivity contribution in [1.82, 2.24) is 0 Å². The second-order valence-electron chi connectivity index (χ2n) is 8.43. The van der Waals surface area contributed by atoms with Crippen LogP contribution in [0.4, 0.5) is 0 Å². The molecular formula is C19H26O2. The van der Waals surface area contributed by atoms with Gasteiger partial charge in [0.15, 0.2) is 0 Å². The molecule has 4 aliphatic rings. The van der Waals surface area contributed by atoms with Crippen LogP contribution in [0.25, 0.3) is 0 Å². The molecule has 4 aliphatic carbocycles. The number of carbonyl (C=O) groups is 2. The number of ketones is 2. The Bertz CT molecular complexity index is 534. The Labute approximate surface area is 127 Å². The maximum atomic E-state index is 12.7. The van der Waals surface area contributed by atoms with E-state index in [1.54, 1.807) is 0 Å². The third kappa shape index (κ3) is 1.65. The lowest BCUT2D eigenvalue weighted by atomic mass is 9.46. The van der Waals surface area contributed by atoms with Crippen molar-refractivity contribution in [2.75, 3.05) is 0 Å². The number of allylic oxidation sites excluding steroid dienone is 2. The van der Waals surface area contributed by atoms with Crippen molar-refractivity contribution in [1.29, 1.82) is 0 Å². The minimum absolute atomic E-state index is 0.116. The van der Waals surface area contributed by atoms with Crippen molar-refractivity contribution < 1.29 is 9.59 Å². The summed E-state index contributed by atoms with van der Waals surface area (Å²) < 4.78 is 0. The Morgan fingerprint density at radius 1 is 1.10 bits per heavy atom. The molecule has 2 heteroatoms. The average molecular weight is 286 g/mol. The van der Waals surface area contributed by atoms with Gasteiger partial charge >= 0.3 is 0 Å². The number of hydrogen-bond donors (Lipinski definition) is 0. The van der Waals surface area contributed by atoms with E-state index in [2.05, 4.69) is 26.0 Å². The second-order valence-corrected chi connectivity index (χ2v) is 8.43. The monoisotopic (exact) mass is 286 g/mol. The third-order valence-electron chi connectivity index (χ3n) is 7.71. The summed E-state index contributed by atoms with van der Waals surface area (Å²) in [4.78, 5) is 25.1. The lowest BCUT2D eigenvalue weighted by Crippen LogP contribution is -2.55. The van der Waals surface area contributed by atoms with Crippen molar-refractivity contribution in [3.05, 3.63) is 12.2 Å². The topological polar surface area (TPSA) is 34.1 Å². The molecule has 21 heavy (non-hydrogen) atoms. The van der Waals surface area contributed by atoms with E-state index in [4.69, 9.17) is 0 Å². The Morgan fingerprint density at radius 2 is 1.90 bits per heavy atom. The molecule has 0 heterocycles. The van der Waals surface area contributed by atoms with Gasteiger partial charge in [0.2, 0.25) is 0 Å². The maximum absolute atomic E-state index is 12.7. The Kier molecular flexibility index (Phi) is 2.81. The lowest BCUT2D eigenvalue weighted by Gasteiger charge is -2.57. The highest BCUT2D eigenvalue weighted by Gasteiger charge is 2.61. The summed E-state index contributed by atoms with van der Waals surface area (Å²) in [5.41, 5.74) is 0.0386. The fourth-order valence-corrected chi connectivity index (χ4v) is 6.43. The van der Waals surface area contributed by atoms with Crippen LogP contribution in [-0.2, 0) is 9.59 Å². The van der Waals surface area contributed by atoms with Crippen molar-refractivity contribution in [3.8, 4) is 0 Å². The summed E-state index contributed by atoms with van der Waals surface area (Å²) in [7, 11) is 0. The minimum atomic E-state index is -0.116. The summed E-state index contributed by atoms with van der Waals surface area (Å²) in [5.74, 6) is 2.77. The standard InChI is InChI=1S/C19H26O2/c1-18-9-4-3-5-15(18)16(20)11-12-13-6-7-17(21)19(13,2)10-8-14(12)18/h3-4,12-15H,5-11H2,1-2H3/t12-,13-,14-,15+,18+,19-/m0/s1. The van der Waals surface area contributed by atoms with Crippen molar-refractivity contribution in [2.45, 2.75) is 58.8 Å². The van der Waals surface area contributed by atoms with Gasteiger partial charge in [-0.1, -0.05) is 26.0 Å². The van der Waals surface area contributed by atoms with Crippen molar-refractivity contribution in [2.24, 2.45) is 34.5 Å². The van der Waals surface area contributed by atoms with E-state index in [0.29, 0.717) is 29.3 Å². The second kappa shape index (κ2) is 4.30. The van der Waals surface area contributed by atoms with Crippen LogP contribution in [0.1, 0.15) is 58.8 Å². The molecule has 0 aromatic heterocycles. The molecule has 0 aromatic carbocycles. The van der Waals surface area contributed by atoms with E-state index in [0.717, 1.165) is 44.9 Å². The molecule has 0 radical (unpaired) electrons. The molecule has 3 fully saturated rings. The molecule has 3 saturated carbocycles. The summed E-state index contributed by atoms with van der Waals surface area (Å²) in [6.45, 7) is 4.54.